The molecule has 11 nitrogen and oxygen atoms in total. The van der Waals surface area contributed by atoms with Gasteiger partial charge in [0.15, 0.2) is 0 Å². The molecule has 0 fully saturated rings. The maximum Gasteiger partial charge on any atom is 0.472 e. The summed E-state index contributed by atoms with van der Waals surface area (Å²) in [6.07, 6.45) is 0. The van der Waals surface area contributed by atoms with Gasteiger partial charge in [0, 0.05) is 6.54 Å². The molecular formula is C5H12N6O5S. The van der Waals surface area contributed by atoms with Crippen molar-refractivity contribution in [2.24, 2.45) is 0 Å². The average Bonchev–Trinajstić information content (AvgIpc) is 2.10. The maximum absolute atomic E-state index is 10.4. The van der Waals surface area contributed by atoms with Crippen LogP contribution in [0.15, 0.2) is 0 Å². The summed E-state index contributed by atoms with van der Waals surface area (Å²) in [5.74, 6) is -0.630. The molecule has 1 aromatic heterocycles. The predicted octanol–water partition coefficient (Wildman–Crippen LogP) is -2.59. The van der Waals surface area contributed by atoms with Gasteiger partial charge in [-0.25, -0.2) is 4.28 Å². The molecule has 0 saturated heterocycles. The van der Waals surface area contributed by atoms with Gasteiger partial charge in [0.2, 0.25) is 0 Å². The van der Waals surface area contributed by atoms with E-state index < -0.39 is 10.4 Å². The van der Waals surface area contributed by atoms with E-state index in [0.717, 1.165) is 0 Å². The fraction of sp³-hybridized carbons (Fsp3) is 0.400. The van der Waals surface area contributed by atoms with Gasteiger partial charge in [0.1, 0.15) is 0 Å². The lowest BCUT2D eigenvalue weighted by molar-refractivity contribution is -0.836. The van der Waals surface area contributed by atoms with Gasteiger partial charge < -0.3 is 22.3 Å². The average molecular weight is 268 g/mol. The van der Waals surface area contributed by atoms with Crippen molar-refractivity contribution in [3.63, 3.8) is 0 Å². The minimum atomic E-state index is -4.74. The number of nitrogens with two attached hydrogens (primary N) is 2. The lowest BCUT2D eigenvalue weighted by atomic mass is 10.7. The van der Waals surface area contributed by atoms with Crippen molar-refractivity contribution < 1.29 is 27.5 Å². The van der Waals surface area contributed by atoms with Gasteiger partial charge in [0.25, 0.3) is 0 Å². The first kappa shape index (κ1) is 15.1. The van der Waals surface area contributed by atoms with Crippen molar-refractivity contribution >= 4 is 28.2 Å². The Morgan fingerprint density at radius 1 is 1.41 bits per heavy atom. The summed E-state index contributed by atoms with van der Waals surface area (Å²) in [6, 6.07) is 0. The normalized spacial score (nSPS) is 10.5. The zero-order chi connectivity index (χ0) is 12.3. The molecule has 1 rings (SSSR count). The van der Waals surface area contributed by atoms with Gasteiger partial charge in [-0.3, -0.25) is 4.55 Å². The lowest BCUT2D eigenvalue weighted by Gasteiger charge is -2.04. The van der Waals surface area contributed by atoms with Gasteiger partial charge in [-0.1, -0.05) is 9.97 Å². The molecule has 98 valence electrons. The highest BCUT2D eigenvalue weighted by molar-refractivity contribution is 7.80. The van der Waals surface area contributed by atoms with Gasteiger partial charge in [-0.2, -0.15) is 8.42 Å². The van der Waals surface area contributed by atoms with Crippen molar-refractivity contribution in [1.82, 2.24) is 9.97 Å². The first-order chi connectivity index (χ1) is 7.33. The van der Waals surface area contributed by atoms with Crippen molar-refractivity contribution in [3.8, 4) is 0 Å². The van der Waals surface area contributed by atoms with E-state index in [4.69, 9.17) is 16.0 Å². The molecule has 0 spiro atoms. The number of rotatable bonds is 4. The first-order valence-corrected chi connectivity index (χ1v) is 5.46. The fourth-order valence-electron chi connectivity index (χ4n) is 0.858. The number of nitrogen functional groups attached to an aromatic ring is 2. The maximum atomic E-state index is 10.4. The van der Waals surface area contributed by atoms with E-state index in [-0.39, 0.29) is 23.3 Å². The molecule has 0 aliphatic carbocycles. The largest absolute Gasteiger partial charge is 0.870 e. The van der Waals surface area contributed by atoms with Crippen LogP contribution in [-0.2, 0) is 10.4 Å². The standard InChI is InChI=1S/C5H10N6O4S.H2O/c1-2-8-5-9-3(6)11(4(7)10-5)15-16(12,13)14;/h2H2,1H3,(H5,6,7,8,9,10,12,13,14);1H2. The molecule has 0 saturated carbocycles. The van der Waals surface area contributed by atoms with Gasteiger partial charge in [0.05, 0.1) is 0 Å². The molecular weight excluding hydrogens is 256 g/mol. The Morgan fingerprint density at radius 2 is 1.88 bits per heavy atom. The molecule has 0 aliphatic heterocycles. The van der Waals surface area contributed by atoms with Gasteiger partial charge >= 0.3 is 28.2 Å². The van der Waals surface area contributed by atoms with Gasteiger partial charge in [-0.15, -0.1) is 0 Å². The molecule has 7 N–H and O–H groups in total. The first-order valence-electron chi connectivity index (χ1n) is 4.09. The zero-order valence-electron chi connectivity index (χ0n) is 8.73. The van der Waals surface area contributed by atoms with Crippen molar-refractivity contribution in [2.45, 2.75) is 6.92 Å². The van der Waals surface area contributed by atoms with Crippen LogP contribution in [0.2, 0.25) is 0 Å². The third-order valence-corrected chi connectivity index (χ3v) is 1.70. The van der Waals surface area contributed by atoms with Crippen LogP contribution in [-0.4, -0.2) is 35.0 Å². The Morgan fingerprint density at radius 3 is 2.24 bits per heavy atom. The minimum absolute atomic E-state index is 0. The molecule has 0 amide bonds. The molecule has 12 heteroatoms. The zero-order valence-corrected chi connectivity index (χ0v) is 9.55. The highest BCUT2D eigenvalue weighted by Crippen LogP contribution is 2.01. The fourth-order valence-corrected chi connectivity index (χ4v) is 1.20. The van der Waals surface area contributed by atoms with E-state index in [1.807, 2.05) is 0 Å². The Kier molecular flexibility index (Phi) is 4.81. The van der Waals surface area contributed by atoms with Gasteiger partial charge in [-0.05, 0) is 11.7 Å². The van der Waals surface area contributed by atoms with Crippen molar-refractivity contribution in [2.75, 3.05) is 23.3 Å². The number of nitrogens with one attached hydrogen (secondary N) is 1. The van der Waals surface area contributed by atoms with E-state index >= 15 is 0 Å². The number of nitrogens with zero attached hydrogens (tertiary/aromatic N) is 3. The van der Waals surface area contributed by atoms with Crippen LogP contribution in [0, 0.1) is 0 Å². The quantitative estimate of drug-likeness (QED) is 0.333. The van der Waals surface area contributed by atoms with E-state index in [1.165, 1.54) is 0 Å². The molecule has 0 aliphatic rings. The Bertz CT molecular complexity index is 467. The third-order valence-electron chi connectivity index (χ3n) is 1.36. The SMILES string of the molecule is CCNc1nc(N)[n+](OS(=O)(=O)O)c(N)n1.[OH-]. The summed E-state index contributed by atoms with van der Waals surface area (Å²) >= 11 is 0. The predicted molar refractivity (Wildman–Crippen MR) is 55.3 cm³/mol. The smallest absolute Gasteiger partial charge is 0.472 e. The van der Waals surface area contributed by atoms with Crippen LogP contribution in [0.3, 0.4) is 0 Å². The number of anilines is 3. The molecule has 0 bridgehead atoms. The topological polar surface area (TPSA) is 187 Å². The molecule has 17 heavy (non-hydrogen) atoms. The summed E-state index contributed by atoms with van der Waals surface area (Å²) in [5, 5.41) is 2.72. The Balaban J connectivity index is 0.00000256. The van der Waals surface area contributed by atoms with Crippen LogP contribution in [0.1, 0.15) is 6.92 Å². The van der Waals surface area contributed by atoms with Crippen LogP contribution in [0.5, 0.6) is 0 Å². The van der Waals surface area contributed by atoms with Crippen molar-refractivity contribution in [1.29, 1.82) is 0 Å². The van der Waals surface area contributed by atoms with Crippen LogP contribution in [0.4, 0.5) is 17.8 Å². The summed E-state index contributed by atoms with van der Waals surface area (Å²) in [7, 11) is -4.74. The summed E-state index contributed by atoms with van der Waals surface area (Å²) in [6.45, 7) is 2.33. The van der Waals surface area contributed by atoms with Crippen LogP contribution < -0.4 is 25.8 Å². The lowest BCUT2D eigenvalue weighted by Crippen LogP contribution is -2.51. The van der Waals surface area contributed by atoms with E-state index in [0.29, 0.717) is 11.3 Å². The number of aromatic nitrogens is 3. The highest BCUT2D eigenvalue weighted by atomic mass is 32.3. The molecule has 0 unspecified atom stereocenters. The molecule has 0 atom stereocenters. The second kappa shape index (κ2) is 5.42. The van der Waals surface area contributed by atoms with E-state index in [1.54, 1.807) is 6.92 Å². The molecule has 0 aromatic carbocycles. The number of hydrogen-bond donors (Lipinski definition) is 4. The molecule has 0 radical (unpaired) electrons. The summed E-state index contributed by atoms with van der Waals surface area (Å²) < 4.78 is 33.8. The van der Waals surface area contributed by atoms with E-state index in [2.05, 4.69) is 19.6 Å². The second-order valence-electron chi connectivity index (χ2n) is 2.59. The Labute approximate surface area is 96.6 Å². The minimum Gasteiger partial charge on any atom is -0.870 e. The summed E-state index contributed by atoms with van der Waals surface area (Å²) in [5.41, 5.74) is 10.7. The monoisotopic (exact) mass is 268 g/mol. The van der Waals surface area contributed by atoms with E-state index in [9.17, 15) is 8.42 Å². The second-order valence-corrected chi connectivity index (χ2v) is 3.60. The number of hydrogen-bond acceptors (Lipinski definition) is 9. The summed E-state index contributed by atoms with van der Waals surface area (Å²) in [4.78, 5) is 7.29. The van der Waals surface area contributed by atoms with Crippen LogP contribution >= 0.6 is 0 Å². The molecule has 1 aromatic rings. The third kappa shape index (κ3) is 4.21. The Hall–Kier alpha value is -1.92. The van der Waals surface area contributed by atoms with Crippen LogP contribution in [0.25, 0.3) is 0 Å². The highest BCUT2D eigenvalue weighted by Gasteiger charge is 2.21. The molecule has 1 heterocycles. The van der Waals surface area contributed by atoms with Crippen molar-refractivity contribution in [3.05, 3.63) is 0 Å².